The molecule has 102 valence electrons. The van der Waals surface area contributed by atoms with Gasteiger partial charge in [-0.1, -0.05) is 44.1 Å². The quantitative estimate of drug-likeness (QED) is 0.938. The summed E-state index contributed by atoms with van der Waals surface area (Å²) in [6.45, 7) is 5.91. The van der Waals surface area contributed by atoms with Crippen LogP contribution in [-0.4, -0.2) is 13.6 Å². The van der Waals surface area contributed by atoms with Crippen molar-refractivity contribution in [2.24, 2.45) is 0 Å². The monoisotopic (exact) mass is 280 g/mol. The summed E-state index contributed by atoms with van der Waals surface area (Å²) in [7, 11) is -3.67. The van der Waals surface area contributed by atoms with E-state index >= 15 is 0 Å². The molecule has 0 atom stereocenters. The van der Waals surface area contributed by atoms with Crippen molar-refractivity contribution in [2.75, 3.05) is 4.72 Å². The minimum atomic E-state index is -3.67. The summed E-state index contributed by atoms with van der Waals surface area (Å²) < 4.78 is 31.8. The summed E-state index contributed by atoms with van der Waals surface area (Å²) in [4.78, 5) is 0.255. The van der Waals surface area contributed by atoms with Crippen LogP contribution in [0.4, 0.5) is 5.82 Å². The fourth-order valence-electron chi connectivity index (χ4n) is 1.78. The average Bonchev–Trinajstić information content (AvgIpc) is 2.80. The number of nitrogens with one attached hydrogen (secondary N) is 1. The molecule has 19 heavy (non-hydrogen) atoms. The molecular formula is C13H16N2O3S. The summed E-state index contributed by atoms with van der Waals surface area (Å²) in [5, 5.41) is 3.55. The molecule has 0 aliphatic rings. The third kappa shape index (κ3) is 2.96. The van der Waals surface area contributed by atoms with Gasteiger partial charge in [0.15, 0.2) is 5.82 Å². The van der Waals surface area contributed by atoms with E-state index in [1.54, 1.807) is 12.1 Å². The van der Waals surface area contributed by atoms with Gasteiger partial charge < -0.3 is 4.52 Å². The summed E-state index contributed by atoms with van der Waals surface area (Å²) >= 11 is 0. The first kappa shape index (κ1) is 13.6. The molecule has 2 rings (SSSR count). The largest absolute Gasteiger partial charge is 0.363 e. The number of nitrogens with zero attached hydrogens (tertiary/aromatic N) is 1. The van der Waals surface area contributed by atoms with Gasteiger partial charge in [-0.3, -0.25) is 4.72 Å². The molecule has 0 saturated heterocycles. The smallest absolute Gasteiger partial charge is 0.263 e. The highest BCUT2D eigenvalue weighted by atomic mass is 32.2. The zero-order valence-corrected chi connectivity index (χ0v) is 11.9. The maximum atomic E-state index is 12.4. The van der Waals surface area contributed by atoms with Gasteiger partial charge in [-0.2, -0.15) is 0 Å². The van der Waals surface area contributed by atoms with Crippen LogP contribution < -0.4 is 4.72 Å². The first-order valence-electron chi connectivity index (χ1n) is 5.83. The van der Waals surface area contributed by atoms with Crippen molar-refractivity contribution >= 4 is 15.8 Å². The Morgan fingerprint density at radius 3 is 2.42 bits per heavy atom. The first-order valence-corrected chi connectivity index (χ1v) is 7.32. The van der Waals surface area contributed by atoms with Crippen LogP contribution >= 0.6 is 0 Å². The molecule has 0 bridgehead atoms. The molecule has 2 aromatic rings. The highest BCUT2D eigenvalue weighted by Gasteiger charge is 2.25. The molecule has 0 fully saturated rings. The standard InChI is InChI=1S/C13H16N2O3S/c1-13(2,3)10-6-4-5-7-11(10)19(16,17)15-12-8-9-18-14-12/h4-9H,1-3H3,(H,14,15). The number of anilines is 1. The molecule has 1 aromatic heterocycles. The highest BCUT2D eigenvalue weighted by Crippen LogP contribution is 2.29. The summed E-state index contributed by atoms with van der Waals surface area (Å²) in [6.07, 6.45) is 1.31. The molecule has 0 amide bonds. The fraction of sp³-hybridized carbons (Fsp3) is 0.308. The highest BCUT2D eigenvalue weighted by molar-refractivity contribution is 7.92. The predicted molar refractivity (Wildman–Crippen MR) is 72.5 cm³/mol. The molecule has 1 aromatic carbocycles. The van der Waals surface area contributed by atoms with Crippen LogP contribution in [0.15, 0.2) is 46.0 Å². The number of hydrogen-bond donors (Lipinski definition) is 1. The molecule has 1 N–H and O–H groups in total. The molecule has 0 saturated carbocycles. The SMILES string of the molecule is CC(C)(C)c1ccccc1S(=O)(=O)Nc1ccon1. The summed E-state index contributed by atoms with van der Waals surface area (Å²) in [5.41, 5.74) is 0.487. The van der Waals surface area contributed by atoms with Gasteiger partial charge >= 0.3 is 0 Å². The van der Waals surface area contributed by atoms with Gasteiger partial charge in [0.2, 0.25) is 0 Å². The Kier molecular flexibility index (Phi) is 3.36. The van der Waals surface area contributed by atoms with Crippen LogP contribution in [-0.2, 0) is 15.4 Å². The van der Waals surface area contributed by atoms with Crippen molar-refractivity contribution in [3.8, 4) is 0 Å². The van der Waals surface area contributed by atoms with E-state index in [0.29, 0.717) is 0 Å². The van der Waals surface area contributed by atoms with E-state index in [4.69, 9.17) is 0 Å². The van der Waals surface area contributed by atoms with E-state index < -0.39 is 10.0 Å². The molecule has 1 heterocycles. The number of sulfonamides is 1. The van der Waals surface area contributed by atoms with E-state index in [1.807, 2.05) is 32.9 Å². The molecule has 0 aliphatic carbocycles. The fourth-order valence-corrected chi connectivity index (χ4v) is 3.19. The molecule has 5 nitrogen and oxygen atoms in total. The van der Waals surface area contributed by atoms with Crippen molar-refractivity contribution in [1.82, 2.24) is 5.16 Å². The van der Waals surface area contributed by atoms with Crippen molar-refractivity contribution in [1.29, 1.82) is 0 Å². The number of aromatic nitrogens is 1. The maximum Gasteiger partial charge on any atom is 0.263 e. The lowest BCUT2D eigenvalue weighted by Gasteiger charge is -2.22. The lowest BCUT2D eigenvalue weighted by atomic mass is 9.87. The van der Waals surface area contributed by atoms with E-state index in [1.165, 1.54) is 12.3 Å². The van der Waals surface area contributed by atoms with Crippen LogP contribution in [0.3, 0.4) is 0 Å². The lowest BCUT2D eigenvalue weighted by molar-refractivity contribution is 0.423. The van der Waals surface area contributed by atoms with E-state index in [2.05, 4.69) is 14.4 Å². The summed E-state index contributed by atoms with van der Waals surface area (Å²) in [6, 6.07) is 8.39. The Labute approximate surface area is 112 Å². The third-order valence-corrected chi connectivity index (χ3v) is 4.07. The molecule has 0 radical (unpaired) electrons. The Balaban J connectivity index is 2.47. The second-order valence-electron chi connectivity index (χ2n) is 5.24. The van der Waals surface area contributed by atoms with E-state index in [9.17, 15) is 8.42 Å². The van der Waals surface area contributed by atoms with Crippen molar-refractivity contribution in [3.63, 3.8) is 0 Å². The topological polar surface area (TPSA) is 72.2 Å². The predicted octanol–water partition coefficient (Wildman–Crippen LogP) is 2.77. The normalized spacial score (nSPS) is 12.4. The number of benzene rings is 1. The average molecular weight is 280 g/mol. The summed E-state index contributed by atoms with van der Waals surface area (Å²) in [5.74, 6) is 0.170. The first-order chi connectivity index (χ1) is 8.81. The van der Waals surface area contributed by atoms with Gasteiger partial charge in [0.25, 0.3) is 10.0 Å². The Bertz CT molecular complexity index is 655. The second-order valence-corrected chi connectivity index (χ2v) is 6.89. The van der Waals surface area contributed by atoms with E-state index in [-0.39, 0.29) is 16.1 Å². The van der Waals surface area contributed by atoms with Crippen LogP contribution in [0.25, 0.3) is 0 Å². The van der Waals surface area contributed by atoms with E-state index in [0.717, 1.165) is 5.56 Å². The molecule has 0 unspecified atom stereocenters. The molecule has 6 heteroatoms. The van der Waals surface area contributed by atoms with Gasteiger partial charge in [-0.15, -0.1) is 0 Å². The lowest BCUT2D eigenvalue weighted by Crippen LogP contribution is -2.21. The molecular weight excluding hydrogens is 264 g/mol. The second kappa shape index (κ2) is 4.70. The van der Waals surface area contributed by atoms with Crippen molar-refractivity contribution in [3.05, 3.63) is 42.2 Å². The van der Waals surface area contributed by atoms with Crippen LogP contribution in [0.5, 0.6) is 0 Å². The van der Waals surface area contributed by atoms with Crippen LogP contribution in [0.2, 0.25) is 0 Å². The number of rotatable bonds is 3. The molecule has 0 spiro atoms. The number of hydrogen-bond acceptors (Lipinski definition) is 4. The maximum absolute atomic E-state index is 12.4. The van der Waals surface area contributed by atoms with Crippen LogP contribution in [0, 0.1) is 0 Å². The van der Waals surface area contributed by atoms with Gasteiger partial charge in [0.1, 0.15) is 6.26 Å². The Morgan fingerprint density at radius 2 is 1.84 bits per heavy atom. The van der Waals surface area contributed by atoms with Gasteiger partial charge in [-0.25, -0.2) is 8.42 Å². The van der Waals surface area contributed by atoms with Crippen LogP contribution in [0.1, 0.15) is 26.3 Å². The third-order valence-electron chi connectivity index (χ3n) is 2.66. The molecule has 0 aliphatic heterocycles. The van der Waals surface area contributed by atoms with Gasteiger partial charge in [0.05, 0.1) is 4.90 Å². The Morgan fingerprint density at radius 1 is 1.16 bits per heavy atom. The van der Waals surface area contributed by atoms with Crippen molar-refractivity contribution in [2.45, 2.75) is 31.1 Å². The van der Waals surface area contributed by atoms with Crippen molar-refractivity contribution < 1.29 is 12.9 Å². The zero-order chi connectivity index (χ0) is 14.1. The zero-order valence-electron chi connectivity index (χ0n) is 11.0. The Hall–Kier alpha value is -1.82. The minimum Gasteiger partial charge on any atom is -0.363 e. The van der Waals surface area contributed by atoms with Gasteiger partial charge in [-0.05, 0) is 17.0 Å². The van der Waals surface area contributed by atoms with Gasteiger partial charge in [0, 0.05) is 6.07 Å². The minimum absolute atomic E-state index is 0.170.